The number of hydrogen-bond donors (Lipinski definition) is 0. The minimum Gasteiger partial charge on any atom is -0.327 e. The van der Waals surface area contributed by atoms with Gasteiger partial charge in [0, 0.05) is 10.1 Å². The third-order valence-electron chi connectivity index (χ3n) is 2.85. The van der Waals surface area contributed by atoms with Crippen molar-refractivity contribution < 1.29 is 0 Å². The van der Waals surface area contributed by atoms with Crippen LogP contribution in [-0.4, -0.2) is 21.6 Å². The molecule has 5 heteroatoms. The molecule has 0 amide bonds. The molecule has 0 radical (unpaired) electrons. The van der Waals surface area contributed by atoms with Crippen LogP contribution in [0.4, 0.5) is 0 Å². The van der Waals surface area contributed by atoms with Crippen molar-refractivity contribution in [2.45, 2.75) is 19.3 Å². The van der Waals surface area contributed by atoms with Crippen LogP contribution in [0.3, 0.4) is 0 Å². The van der Waals surface area contributed by atoms with Crippen LogP contribution in [0.2, 0.25) is 0 Å². The Morgan fingerprint density at radius 3 is 2.94 bits per heavy atom. The van der Waals surface area contributed by atoms with Crippen molar-refractivity contribution in [1.82, 2.24) is 9.55 Å². The van der Waals surface area contributed by atoms with Crippen molar-refractivity contribution in [2.75, 3.05) is 12.0 Å². The summed E-state index contributed by atoms with van der Waals surface area (Å²) in [5, 5.41) is 0. The Labute approximate surface area is 131 Å². The quantitative estimate of drug-likeness (QED) is 0.553. The molecule has 0 N–H and O–H groups in total. The van der Waals surface area contributed by atoms with Gasteiger partial charge in [0.1, 0.15) is 5.82 Å². The van der Waals surface area contributed by atoms with Gasteiger partial charge in [0.25, 0.3) is 0 Å². The van der Waals surface area contributed by atoms with E-state index < -0.39 is 0 Å². The van der Waals surface area contributed by atoms with Gasteiger partial charge >= 0.3 is 0 Å². The Kier molecular flexibility index (Phi) is 5.21. The van der Waals surface area contributed by atoms with Gasteiger partial charge in [-0.1, -0.05) is 6.92 Å². The lowest BCUT2D eigenvalue weighted by Gasteiger charge is -2.13. The zero-order chi connectivity index (χ0) is 13.1. The highest BCUT2D eigenvalue weighted by molar-refractivity contribution is 14.1. The van der Waals surface area contributed by atoms with Crippen LogP contribution >= 0.6 is 46.0 Å². The van der Waals surface area contributed by atoms with Gasteiger partial charge in [0.2, 0.25) is 0 Å². The van der Waals surface area contributed by atoms with Crippen molar-refractivity contribution >= 4 is 57.0 Å². The Balaban J connectivity index is 2.40. The molecule has 0 aliphatic carbocycles. The minimum absolute atomic E-state index is 0.469. The number of thioether (sulfide) groups is 1. The highest BCUT2D eigenvalue weighted by atomic mass is 127. The predicted octanol–water partition coefficient (Wildman–Crippen LogP) is 4.38. The van der Waals surface area contributed by atoms with Crippen LogP contribution in [0.25, 0.3) is 11.0 Å². The van der Waals surface area contributed by atoms with E-state index in [1.807, 2.05) is 11.8 Å². The second-order valence-corrected chi connectivity index (χ2v) is 6.89. The van der Waals surface area contributed by atoms with E-state index in [1.54, 1.807) is 0 Å². The maximum absolute atomic E-state index is 6.01. The summed E-state index contributed by atoms with van der Waals surface area (Å²) in [6, 6.07) is 6.38. The zero-order valence-electron chi connectivity index (χ0n) is 10.5. The van der Waals surface area contributed by atoms with Crippen LogP contribution < -0.4 is 0 Å². The molecule has 0 bridgehead atoms. The summed E-state index contributed by atoms with van der Waals surface area (Å²) in [7, 11) is 0. The molecular weight excluding hydrogens is 379 g/mol. The first-order valence-electron chi connectivity index (χ1n) is 5.85. The number of halogens is 2. The lowest BCUT2D eigenvalue weighted by molar-refractivity contribution is 0.530. The third kappa shape index (κ3) is 3.14. The number of aromatic nitrogens is 2. The maximum atomic E-state index is 6.01. The van der Waals surface area contributed by atoms with Crippen molar-refractivity contribution in [3.05, 3.63) is 27.6 Å². The molecule has 2 nitrogen and oxygen atoms in total. The van der Waals surface area contributed by atoms with Gasteiger partial charge in [-0.15, -0.1) is 11.6 Å². The van der Waals surface area contributed by atoms with Gasteiger partial charge in [0.15, 0.2) is 0 Å². The first kappa shape index (κ1) is 14.5. The van der Waals surface area contributed by atoms with Gasteiger partial charge in [-0.25, -0.2) is 4.98 Å². The fourth-order valence-corrected chi connectivity index (χ4v) is 3.46. The largest absolute Gasteiger partial charge is 0.327 e. The maximum Gasteiger partial charge on any atom is 0.124 e. The first-order chi connectivity index (χ1) is 8.65. The van der Waals surface area contributed by atoms with E-state index in [0.29, 0.717) is 11.8 Å². The molecule has 0 aliphatic rings. The number of alkyl halides is 1. The van der Waals surface area contributed by atoms with Gasteiger partial charge < -0.3 is 4.57 Å². The average Bonchev–Trinajstić information content (AvgIpc) is 2.66. The molecule has 1 aromatic carbocycles. The van der Waals surface area contributed by atoms with Crippen LogP contribution in [-0.2, 0) is 12.4 Å². The van der Waals surface area contributed by atoms with E-state index in [9.17, 15) is 0 Å². The van der Waals surface area contributed by atoms with Gasteiger partial charge in [-0.3, -0.25) is 0 Å². The van der Waals surface area contributed by atoms with Crippen molar-refractivity contribution in [3.8, 4) is 0 Å². The van der Waals surface area contributed by atoms with E-state index in [1.165, 1.54) is 9.09 Å². The SMILES string of the molecule is CSCC(C)Cn1c(CCl)nc2cc(I)ccc21. The summed E-state index contributed by atoms with van der Waals surface area (Å²) in [4.78, 5) is 4.62. The summed E-state index contributed by atoms with van der Waals surface area (Å²) in [6.45, 7) is 3.26. The van der Waals surface area contributed by atoms with Gasteiger partial charge in [0.05, 0.1) is 16.9 Å². The molecular formula is C13H16ClIN2S. The van der Waals surface area contributed by atoms with E-state index in [0.717, 1.165) is 23.6 Å². The van der Waals surface area contributed by atoms with E-state index >= 15 is 0 Å². The number of fused-ring (bicyclic) bond motifs is 1. The molecule has 98 valence electrons. The molecule has 2 aromatic rings. The lowest BCUT2D eigenvalue weighted by atomic mass is 10.2. The number of imidazole rings is 1. The molecule has 0 spiro atoms. The van der Waals surface area contributed by atoms with Crippen LogP contribution in [0.5, 0.6) is 0 Å². The van der Waals surface area contributed by atoms with E-state index in [4.69, 9.17) is 11.6 Å². The molecule has 2 rings (SSSR count). The van der Waals surface area contributed by atoms with E-state index in [-0.39, 0.29) is 0 Å². The second-order valence-electron chi connectivity index (χ2n) is 4.47. The monoisotopic (exact) mass is 394 g/mol. The Hall–Kier alpha value is 0.0600. The van der Waals surface area contributed by atoms with Crippen molar-refractivity contribution in [1.29, 1.82) is 0 Å². The van der Waals surface area contributed by atoms with Crippen LogP contribution in [0, 0.1) is 9.49 Å². The summed E-state index contributed by atoms with van der Waals surface area (Å²) in [6.07, 6.45) is 2.15. The molecule has 0 saturated carbocycles. The summed E-state index contributed by atoms with van der Waals surface area (Å²) < 4.78 is 3.47. The van der Waals surface area contributed by atoms with Crippen molar-refractivity contribution in [2.24, 2.45) is 5.92 Å². The number of benzene rings is 1. The first-order valence-corrected chi connectivity index (χ1v) is 8.86. The highest BCUT2D eigenvalue weighted by Crippen LogP contribution is 2.22. The summed E-state index contributed by atoms with van der Waals surface area (Å²) in [5.74, 6) is 3.23. The smallest absolute Gasteiger partial charge is 0.124 e. The number of hydrogen-bond acceptors (Lipinski definition) is 2. The topological polar surface area (TPSA) is 17.8 Å². The second kappa shape index (κ2) is 6.48. The lowest BCUT2D eigenvalue weighted by Crippen LogP contribution is -2.12. The molecule has 1 heterocycles. The summed E-state index contributed by atoms with van der Waals surface area (Å²) >= 11 is 10.2. The predicted molar refractivity (Wildman–Crippen MR) is 89.6 cm³/mol. The molecule has 1 aromatic heterocycles. The molecule has 1 atom stereocenters. The minimum atomic E-state index is 0.469. The Bertz CT molecular complexity index is 541. The number of rotatable bonds is 5. The number of nitrogens with zero attached hydrogens (tertiary/aromatic N) is 2. The standard InChI is InChI=1S/C13H16ClIN2S/c1-9(8-18-2)7-17-12-4-3-10(15)5-11(12)16-13(17)6-14/h3-5,9H,6-8H2,1-2H3. The van der Waals surface area contributed by atoms with Crippen molar-refractivity contribution in [3.63, 3.8) is 0 Å². The van der Waals surface area contributed by atoms with Gasteiger partial charge in [-0.2, -0.15) is 11.8 Å². The zero-order valence-corrected chi connectivity index (χ0v) is 14.2. The molecule has 0 fully saturated rings. The van der Waals surface area contributed by atoms with Crippen LogP contribution in [0.15, 0.2) is 18.2 Å². The molecule has 0 saturated heterocycles. The molecule has 18 heavy (non-hydrogen) atoms. The fraction of sp³-hybridized carbons (Fsp3) is 0.462. The summed E-state index contributed by atoms with van der Waals surface area (Å²) in [5.41, 5.74) is 2.24. The van der Waals surface area contributed by atoms with E-state index in [2.05, 4.69) is 63.5 Å². The highest BCUT2D eigenvalue weighted by Gasteiger charge is 2.12. The van der Waals surface area contributed by atoms with Gasteiger partial charge in [-0.05, 0) is 58.7 Å². The Morgan fingerprint density at radius 1 is 1.50 bits per heavy atom. The normalized spacial score (nSPS) is 13.1. The fourth-order valence-electron chi connectivity index (χ4n) is 2.11. The molecule has 1 unspecified atom stereocenters. The average molecular weight is 395 g/mol. The third-order valence-corrected chi connectivity index (χ3v) is 4.67. The van der Waals surface area contributed by atoms with Crippen LogP contribution in [0.1, 0.15) is 12.7 Å². The Morgan fingerprint density at radius 2 is 2.28 bits per heavy atom. The molecule has 0 aliphatic heterocycles.